The molecule has 0 radical (unpaired) electrons. The van der Waals surface area contributed by atoms with E-state index in [-0.39, 0.29) is 0 Å². The van der Waals surface area contributed by atoms with Gasteiger partial charge in [0.2, 0.25) is 0 Å². The van der Waals surface area contributed by atoms with Gasteiger partial charge in [0.1, 0.15) is 5.94 Å². The van der Waals surface area contributed by atoms with E-state index in [1.165, 1.54) is 5.94 Å². The van der Waals surface area contributed by atoms with Gasteiger partial charge in [-0.1, -0.05) is 0 Å². The zero-order chi connectivity index (χ0) is 4.12. The van der Waals surface area contributed by atoms with Gasteiger partial charge in [-0.05, 0) is 0 Å². The van der Waals surface area contributed by atoms with Crippen LogP contribution < -0.4 is 0 Å². The molecule has 5 heavy (non-hydrogen) atoms. The summed E-state index contributed by atoms with van der Waals surface area (Å²) < 4.78 is 0. The maximum atomic E-state index is 9.09. The molecule has 26 valence electrons. The predicted octanol–water partition coefficient (Wildman–Crippen LogP) is -0.427. The highest BCUT2D eigenvalue weighted by atomic mass is 16.1. The Hall–Kier alpha value is -0.880. The lowest BCUT2D eigenvalue weighted by atomic mass is 10.7. The molecule has 0 fully saturated rings. The highest BCUT2D eigenvalue weighted by molar-refractivity contribution is 5.77. The molecule has 0 heterocycles. The molecule has 0 atom stereocenters. The number of allylic oxidation sites excluding steroid dienone is 1. The molecule has 2 nitrogen and oxygen atoms in total. The fourth-order valence-corrected chi connectivity index (χ4v) is 0.0278. The van der Waals surface area contributed by atoms with Gasteiger partial charge in [-0.3, -0.25) is 4.79 Å². The SMILES string of the molecule is O=C=CC=O. The quantitative estimate of drug-likeness (QED) is 0.238. The van der Waals surface area contributed by atoms with Crippen LogP contribution in [0.25, 0.3) is 0 Å². The van der Waals surface area contributed by atoms with E-state index in [2.05, 4.69) is 0 Å². The van der Waals surface area contributed by atoms with Crippen molar-refractivity contribution in [3.63, 3.8) is 0 Å². The van der Waals surface area contributed by atoms with E-state index >= 15 is 0 Å². The molecule has 0 aliphatic carbocycles. The zero-order valence-corrected chi connectivity index (χ0v) is 2.47. The van der Waals surface area contributed by atoms with E-state index in [0.29, 0.717) is 6.29 Å². The Labute approximate surface area is 29.1 Å². The van der Waals surface area contributed by atoms with Crippen molar-refractivity contribution in [3.8, 4) is 0 Å². The zero-order valence-electron chi connectivity index (χ0n) is 2.47. The monoisotopic (exact) mass is 70.0 g/mol. The van der Waals surface area contributed by atoms with E-state index < -0.39 is 0 Å². The van der Waals surface area contributed by atoms with Crippen LogP contribution in [0.3, 0.4) is 0 Å². The predicted molar refractivity (Wildman–Crippen MR) is 16.3 cm³/mol. The van der Waals surface area contributed by atoms with E-state index in [1.54, 1.807) is 0 Å². The van der Waals surface area contributed by atoms with Crippen LogP contribution in [0, 0.1) is 0 Å². The second-order valence-corrected chi connectivity index (χ2v) is 0.421. The molecule has 0 bridgehead atoms. The minimum atomic E-state index is 0.382. The Morgan fingerprint density at radius 2 is 2.20 bits per heavy atom. The second kappa shape index (κ2) is 3.12. The minimum absolute atomic E-state index is 0.382. The van der Waals surface area contributed by atoms with Crippen molar-refractivity contribution in [2.75, 3.05) is 0 Å². The molecule has 0 saturated heterocycles. The highest BCUT2D eigenvalue weighted by Gasteiger charge is 1.49. The molecule has 0 aromatic carbocycles. The first-order valence-corrected chi connectivity index (χ1v) is 1.06. The Kier molecular flexibility index (Phi) is 2.57. The van der Waals surface area contributed by atoms with E-state index in [4.69, 9.17) is 9.59 Å². The lowest BCUT2D eigenvalue weighted by Crippen LogP contribution is -1.53. The number of aldehydes is 1. The van der Waals surface area contributed by atoms with Gasteiger partial charge in [-0.2, -0.15) is 0 Å². The molecule has 0 N–H and O–H groups in total. The van der Waals surface area contributed by atoms with Crippen molar-refractivity contribution < 1.29 is 9.59 Å². The lowest BCUT2D eigenvalue weighted by Gasteiger charge is -1.36. The smallest absolute Gasteiger partial charge is 0.153 e. The van der Waals surface area contributed by atoms with Gasteiger partial charge in [0, 0.05) is 0 Å². The summed E-state index contributed by atoms with van der Waals surface area (Å²) >= 11 is 0. The minimum Gasteiger partial charge on any atom is -0.298 e. The maximum Gasteiger partial charge on any atom is 0.153 e. The molecule has 0 aromatic heterocycles. The lowest BCUT2D eigenvalue weighted by molar-refractivity contribution is -0.104. The molecule has 0 unspecified atom stereocenters. The van der Waals surface area contributed by atoms with Crippen molar-refractivity contribution in [2.24, 2.45) is 0 Å². The Balaban J connectivity index is 3.31. The summed E-state index contributed by atoms with van der Waals surface area (Å²) in [6.45, 7) is 0. The summed E-state index contributed by atoms with van der Waals surface area (Å²) in [5.74, 6) is 1.27. The van der Waals surface area contributed by atoms with Crippen molar-refractivity contribution in [2.45, 2.75) is 0 Å². The van der Waals surface area contributed by atoms with Gasteiger partial charge in [0.15, 0.2) is 6.29 Å². The van der Waals surface area contributed by atoms with Crippen molar-refractivity contribution >= 4 is 12.2 Å². The molecule has 0 spiro atoms. The van der Waals surface area contributed by atoms with E-state index in [1.807, 2.05) is 0 Å². The summed E-state index contributed by atoms with van der Waals surface area (Å²) in [4.78, 5) is 18.1. The molecule has 0 amide bonds. The summed E-state index contributed by atoms with van der Waals surface area (Å²) in [5.41, 5.74) is 0. The van der Waals surface area contributed by atoms with Crippen LogP contribution in [0.2, 0.25) is 0 Å². The fourth-order valence-electron chi connectivity index (χ4n) is 0.0278. The average Bonchev–Trinajstić information content (AvgIpc) is 1.41. The molecule has 0 rings (SSSR count). The third kappa shape index (κ3) is 3.12. The molecule has 0 saturated carbocycles. The van der Waals surface area contributed by atoms with Crippen LogP contribution in [0.15, 0.2) is 6.08 Å². The number of carbonyl (C=O) groups is 1. The van der Waals surface area contributed by atoms with Crippen molar-refractivity contribution in [1.29, 1.82) is 0 Å². The maximum absolute atomic E-state index is 9.09. The standard InChI is InChI=1S/C3H2O2/c4-2-1-3-5/h1-2H. The Morgan fingerprint density at radius 3 is 2.20 bits per heavy atom. The van der Waals surface area contributed by atoms with E-state index in [9.17, 15) is 0 Å². The summed E-state index contributed by atoms with van der Waals surface area (Å²) in [5, 5.41) is 0. The molecule has 2 heteroatoms. The van der Waals surface area contributed by atoms with Crippen molar-refractivity contribution in [1.82, 2.24) is 0 Å². The molecule has 0 aromatic rings. The normalized spacial score (nSPS) is 4.80. The third-order valence-corrected chi connectivity index (χ3v) is 0.136. The first kappa shape index (κ1) is 4.12. The van der Waals surface area contributed by atoms with Gasteiger partial charge in [-0.25, -0.2) is 4.79 Å². The van der Waals surface area contributed by atoms with Crippen LogP contribution in [-0.2, 0) is 9.59 Å². The topological polar surface area (TPSA) is 34.1 Å². The third-order valence-electron chi connectivity index (χ3n) is 0.136. The van der Waals surface area contributed by atoms with Crippen molar-refractivity contribution in [3.05, 3.63) is 6.08 Å². The van der Waals surface area contributed by atoms with Crippen LogP contribution in [0.5, 0.6) is 0 Å². The summed E-state index contributed by atoms with van der Waals surface area (Å²) in [6, 6.07) is 0. The number of hydrogen-bond donors (Lipinski definition) is 0. The average molecular weight is 70.0 g/mol. The van der Waals surface area contributed by atoms with Crippen LogP contribution in [0.4, 0.5) is 0 Å². The molecular weight excluding hydrogens is 68.0 g/mol. The summed E-state index contributed by atoms with van der Waals surface area (Å²) in [7, 11) is 0. The molecule has 0 aliphatic heterocycles. The Bertz CT molecular complexity index is 69.0. The summed E-state index contributed by atoms with van der Waals surface area (Å²) in [6.07, 6.45) is 1.15. The van der Waals surface area contributed by atoms with E-state index in [0.717, 1.165) is 6.08 Å². The number of hydrogen-bond acceptors (Lipinski definition) is 2. The second-order valence-electron chi connectivity index (χ2n) is 0.421. The fraction of sp³-hybridized carbons (Fsp3) is 0. The van der Waals surface area contributed by atoms with Crippen LogP contribution in [-0.4, -0.2) is 12.2 Å². The van der Waals surface area contributed by atoms with Gasteiger partial charge in [0.05, 0.1) is 6.08 Å². The number of rotatable bonds is 1. The Morgan fingerprint density at radius 1 is 1.60 bits per heavy atom. The molecule has 0 aliphatic rings. The van der Waals surface area contributed by atoms with Gasteiger partial charge < -0.3 is 0 Å². The largest absolute Gasteiger partial charge is 0.298 e. The van der Waals surface area contributed by atoms with Gasteiger partial charge in [-0.15, -0.1) is 0 Å². The van der Waals surface area contributed by atoms with Crippen LogP contribution in [0.1, 0.15) is 0 Å². The highest BCUT2D eigenvalue weighted by Crippen LogP contribution is 1.34. The van der Waals surface area contributed by atoms with Crippen LogP contribution >= 0.6 is 0 Å². The number of carbonyl (C=O) groups excluding carboxylic acids is 2. The molecular formula is C3H2O2. The first-order valence-electron chi connectivity index (χ1n) is 1.06. The van der Waals surface area contributed by atoms with Gasteiger partial charge in [0.25, 0.3) is 0 Å². The first-order chi connectivity index (χ1) is 2.41. The van der Waals surface area contributed by atoms with Gasteiger partial charge >= 0.3 is 0 Å².